The third-order valence-electron chi connectivity index (χ3n) is 2.56. The van der Waals surface area contributed by atoms with Crippen LogP contribution in [0.3, 0.4) is 0 Å². The number of aliphatic hydroxyl groups excluding tert-OH is 1. The summed E-state index contributed by atoms with van der Waals surface area (Å²) in [5.41, 5.74) is 0.880. The van der Waals surface area contributed by atoms with Crippen LogP contribution in [0.2, 0.25) is 5.02 Å². The van der Waals surface area contributed by atoms with Crippen LogP contribution in [0.15, 0.2) is 51.8 Å². The van der Waals surface area contributed by atoms with E-state index in [1.807, 2.05) is 0 Å². The van der Waals surface area contributed by atoms with Gasteiger partial charge in [-0.25, -0.2) is 8.42 Å². The molecular weight excluding hydrogens is 366 g/mol. The highest BCUT2D eigenvalue weighted by Crippen LogP contribution is 2.28. The van der Waals surface area contributed by atoms with Gasteiger partial charge in [0.25, 0.3) is 10.0 Å². The number of hydrogen-bond donors (Lipinski definition) is 2. The maximum atomic E-state index is 12.3. The molecule has 0 aliphatic heterocycles. The maximum absolute atomic E-state index is 12.3. The van der Waals surface area contributed by atoms with Gasteiger partial charge in [-0.15, -0.1) is 0 Å². The average molecular weight is 377 g/mol. The number of nitrogens with one attached hydrogen (secondary N) is 1. The van der Waals surface area contributed by atoms with E-state index in [4.69, 9.17) is 16.7 Å². The Morgan fingerprint density at radius 1 is 1.20 bits per heavy atom. The zero-order valence-corrected chi connectivity index (χ0v) is 13.3. The van der Waals surface area contributed by atoms with E-state index >= 15 is 0 Å². The van der Waals surface area contributed by atoms with Gasteiger partial charge in [-0.3, -0.25) is 4.72 Å². The molecule has 4 nitrogen and oxygen atoms in total. The number of hydrogen-bond acceptors (Lipinski definition) is 3. The van der Waals surface area contributed by atoms with Crippen LogP contribution in [0.5, 0.6) is 0 Å². The minimum absolute atomic E-state index is 0.0796. The van der Waals surface area contributed by atoms with Gasteiger partial charge in [0.05, 0.1) is 17.2 Å². The lowest BCUT2D eigenvalue weighted by Crippen LogP contribution is -2.13. The van der Waals surface area contributed by atoms with Crippen molar-refractivity contribution in [3.63, 3.8) is 0 Å². The summed E-state index contributed by atoms with van der Waals surface area (Å²) >= 11 is 9.11. The molecule has 0 saturated carbocycles. The predicted molar refractivity (Wildman–Crippen MR) is 82.3 cm³/mol. The molecule has 0 heterocycles. The molecule has 0 spiro atoms. The van der Waals surface area contributed by atoms with Crippen LogP contribution in [-0.4, -0.2) is 13.5 Å². The second kappa shape index (κ2) is 6.13. The smallest absolute Gasteiger partial charge is 0.261 e. The van der Waals surface area contributed by atoms with Gasteiger partial charge in [-0.1, -0.05) is 23.7 Å². The average Bonchev–Trinajstić information content (AvgIpc) is 2.43. The van der Waals surface area contributed by atoms with Crippen LogP contribution in [0.1, 0.15) is 5.56 Å². The van der Waals surface area contributed by atoms with Crippen LogP contribution in [0.4, 0.5) is 5.69 Å². The number of sulfonamides is 1. The lowest BCUT2D eigenvalue weighted by Gasteiger charge is -2.10. The van der Waals surface area contributed by atoms with Crippen molar-refractivity contribution >= 4 is 43.2 Å². The molecule has 2 aromatic carbocycles. The molecule has 2 N–H and O–H groups in total. The Morgan fingerprint density at radius 3 is 2.65 bits per heavy atom. The van der Waals surface area contributed by atoms with E-state index in [1.54, 1.807) is 24.3 Å². The van der Waals surface area contributed by atoms with Gasteiger partial charge in [0, 0.05) is 9.50 Å². The van der Waals surface area contributed by atoms with Crippen molar-refractivity contribution in [2.45, 2.75) is 11.5 Å². The van der Waals surface area contributed by atoms with Gasteiger partial charge in [-0.05, 0) is 51.8 Å². The van der Waals surface area contributed by atoms with Crippen LogP contribution in [0.25, 0.3) is 0 Å². The summed E-state index contributed by atoms with van der Waals surface area (Å²) in [7, 11) is -3.73. The molecular formula is C13H11BrClNO3S. The predicted octanol–water partition coefficient (Wildman–Crippen LogP) is 3.40. The van der Waals surface area contributed by atoms with Gasteiger partial charge >= 0.3 is 0 Å². The summed E-state index contributed by atoms with van der Waals surface area (Å²) in [4.78, 5) is 0.0796. The number of benzene rings is 2. The van der Waals surface area contributed by atoms with Gasteiger partial charge in [0.15, 0.2) is 0 Å². The first-order valence-electron chi connectivity index (χ1n) is 5.60. The molecule has 2 rings (SSSR count). The van der Waals surface area contributed by atoms with Gasteiger partial charge in [0.1, 0.15) is 0 Å². The van der Waals surface area contributed by atoms with E-state index in [9.17, 15) is 8.42 Å². The fraction of sp³-hybridized carbons (Fsp3) is 0.0769. The van der Waals surface area contributed by atoms with E-state index in [2.05, 4.69) is 20.7 Å². The van der Waals surface area contributed by atoms with Crippen molar-refractivity contribution in [1.29, 1.82) is 0 Å². The molecule has 0 unspecified atom stereocenters. The molecule has 20 heavy (non-hydrogen) atoms. The second-order valence-electron chi connectivity index (χ2n) is 4.04. The number of halogens is 2. The summed E-state index contributed by atoms with van der Waals surface area (Å²) < 4.78 is 27.6. The Bertz CT molecular complexity index is 734. The Balaban J connectivity index is 2.38. The Labute approximate surface area is 130 Å². The molecule has 0 saturated heterocycles. The van der Waals surface area contributed by atoms with E-state index < -0.39 is 10.0 Å². The quantitative estimate of drug-likeness (QED) is 0.859. The van der Waals surface area contributed by atoms with E-state index in [-0.39, 0.29) is 11.5 Å². The molecule has 0 aliphatic carbocycles. The van der Waals surface area contributed by atoms with Gasteiger partial charge < -0.3 is 5.11 Å². The van der Waals surface area contributed by atoms with Crippen molar-refractivity contribution in [3.05, 3.63) is 57.5 Å². The van der Waals surface area contributed by atoms with Crippen molar-refractivity contribution in [1.82, 2.24) is 0 Å². The molecule has 0 bridgehead atoms. The van der Waals surface area contributed by atoms with Crippen molar-refractivity contribution in [3.8, 4) is 0 Å². The first kappa shape index (κ1) is 15.3. The molecule has 0 atom stereocenters. The molecule has 2 aromatic rings. The third-order valence-corrected chi connectivity index (χ3v) is 4.85. The molecule has 0 aliphatic rings. The van der Waals surface area contributed by atoms with E-state index in [1.165, 1.54) is 18.2 Å². The fourth-order valence-electron chi connectivity index (χ4n) is 1.59. The highest BCUT2D eigenvalue weighted by molar-refractivity contribution is 9.10. The largest absolute Gasteiger partial charge is 0.392 e. The maximum Gasteiger partial charge on any atom is 0.261 e. The molecule has 0 amide bonds. The summed E-state index contributed by atoms with van der Waals surface area (Å²) in [6, 6.07) is 10.9. The summed E-state index contributed by atoms with van der Waals surface area (Å²) in [5.74, 6) is 0. The van der Waals surface area contributed by atoms with Crippen LogP contribution in [-0.2, 0) is 16.6 Å². The highest BCUT2D eigenvalue weighted by Gasteiger charge is 2.16. The first-order chi connectivity index (χ1) is 9.42. The number of rotatable bonds is 4. The van der Waals surface area contributed by atoms with Crippen molar-refractivity contribution in [2.24, 2.45) is 0 Å². The van der Waals surface area contributed by atoms with Crippen molar-refractivity contribution in [2.75, 3.05) is 4.72 Å². The molecule has 7 heteroatoms. The zero-order valence-electron chi connectivity index (χ0n) is 10.2. The summed E-state index contributed by atoms with van der Waals surface area (Å²) in [6.07, 6.45) is 0. The van der Waals surface area contributed by atoms with Gasteiger partial charge in [-0.2, -0.15) is 0 Å². The minimum Gasteiger partial charge on any atom is -0.392 e. The standard InChI is InChI=1S/C13H11BrClNO3S/c14-12-5-4-10(15)7-13(12)16-20(18,19)11-3-1-2-9(6-11)8-17/h1-7,16-17H,8H2. The molecule has 0 fully saturated rings. The third kappa shape index (κ3) is 3.52. The Kier molecular flexibility index (Phi) is 4.70. The van der Waals surface area contributed by atoms with Gasteiger partial charge in [0.2, 0.25) is 0 Å². The monoisotopic (exact) mass is 375 g/mol. The van der Waals surface area contributed by atoms with E-state index in [0.717, 1.165) is 0 Å². The number of aliphatic hydroxyl groups is 1. The van der Waals surface area contributed by atoms with Crippen LogP contribution < -0.4 is 4.72 Å². The normalized spacial score (nSPS) is 11.3. The fourth-order valence-corrected chi connectivity index (χ4v) is 3.38. The zero-order chi connectivity index (χ0) is 14.8. The minimum atomic E-state index is -3.73. The lowest BCUT2D eigenvalue weighted by atomic mass is 10.2. The van der Waals surface area contributed by atoms with Crippen LogP contribution in [0, 0.1) is 0 Å². The first-order valence-corrected chi connectivity index (χ1v) is 8.25. The summed E-state index contributed by atoms with van der Waals surface area (Å²) in [6.45, 7) is -0.218. The topological polar surface area (TPSA) is 66.4 Å². The Morgan fingerprint density at radius 2 is 1.95 bits per heavy atom. The summed E-state index contributed by atoms with van der Waals surface area (Å²) in [5, 5.41) is 9.48. The molecule has 106 valence electrons. The second-order valence-corrected chi connectivity index (χ2v) is 7.01. The Hall–Kier alpha value is -1.08. The van der Waals surface area contributed by atoms with Crippen LogP contribution >= 0.6 is 27.5 Å². The van der Waals surface area contributed by atoms with E-state index in [0.29, 0.717) is 20.7 Å². The molecule has 0 radical (unpaired) electrons. The highest BCUT2D eigenvalue weighted by atomic mass is 79.9. The molecule has 0 aromatic heterocycles. The SMILES string of the molecule is O=S(=O)(Nc1cc(Cl)ccc1Br)c1cccc(CO)c1. The van der Waals surface area contributed by atoms with Crippen molar-refractivity contribution < 1.29 is 13.5 Å². The number of anilines is 1. The lowest BCUT2D eigenvalue weighted by molar-refractivity contribution is 0.281.